The van der Waals surface area contributed by atoms with Crippen LogP contribution in [0.3, 0.4) is 0 Å². The van der Waals surface area contributed by atoms with Crippen molar-refractivity contribution in [2.24, 2.45) is 0 Å². The van der Waals surface area contributed by atoms with Gasteiger partial charge in [-0.2, -0.15) is 0 Å². The third kappa shape index (κ3) is 171. The molecule has 0 unspecified atom stereocenters. The molecule has 0 aromatic heterocycles. The fourth-order valence-corrected chi connectivity index (χ4v) is 6.99. The summed E-state index contributed by atoms with van der Waals surface area (Å²) in [6.45, 7) is 38.7. The summed E-state index contributed by atoms with van der Waals surface area (Å²) in [6.07, 6.45) is -5.00. The van der Waals surface area contributed by atoms with Crippen molar-refractivity contribution in [3.63, 3.8) is 0 Å². The van der Waals surface area contributed by atoms with Gasteiger partial charge in [0.15, 0.2) is 0 Å². The normalized spacial score (nSPS) is 9.16. The van der Waals surface area contributed by atoms with Crippen molar-refractivity contribution >= 4 is 73.1 Å². The van der Waals surface area contributed by atoms with Gasteiger partial charge in [0.25, 0.3) is 0 Å². The second-order valence-electron chi connectivity index (χ2n) is 25.2. The molecule has 8 aromatic carbocycles. The second kappa shape index (κ2) is 111. The number of fused-ring (bicyclic) bond motifs is 2. The molecule has 0 radical (unpaired) electrons. The van der Waals surface area contributed by atoms with Crippen LogP contribution in [0.15, 0.2) is 194 Å². The van der Waals surface area contributed by atoms with Crippen LogP contribution in [0, 0.1) is 0 Å². The van der Waals surface area contributed by atoms with Crippen molar-refractivity contribution in [3.05, 3.63) is 194 Å². The number of hydrogen-bond donors (Lipinski definition) is 0. The van der Waals surface area contributed by atoms with E-state index >= 15 is 0 Å². The number of rotatable bonds is 4. The van der Waals surface area contributed by atoms with Crippen LogP contribution >= 0.6 is 30.4 Å². The number of hydrogen-bond acceptors (Lipinski definition) is 28. The van der Waals surface area contributed by atoms with Gasteiger partial charge in [0.2, 0.25) is 0 Å². The Labute approximate surface area is 855 Å². The zero-order valence-corrected chi connectivity index (χ0v) is 90.3. The number of benzene rings is 8. The van der Waals surface area contributed by atoms with Gasteiger partial charge in [-0.25, -0.2) is 0 Å². The molecule has 0 amide bonds. The van der Waals surface area contributed by atoms with Gasteiger partial charge >= 0.3 is 174 Å². The van der Waals surface area contributed by atoms with Crippen molar-refractivity contribution in [3.8, 4) is 23.0 Å². The summed E-state index contributed by atoms with van der Waals surface area (Å²) in [6, 6.07) is 49.0. The van der Waals surface area contributed by atoms with Gasteiger partial charge in [-0.05, 0) is 73.1 Å². The van der Waals surface area contributed by atoms with Crippen LogP contribution in [0.2, 0.25) is 0 Å². The zero-order valence-electron chi connectivity index (χ0n) is 74.3. The van der Waals surface area contributed by atoms with E-state index in [2.05, 4.69) is 0 Å². The molecular weight excluding hydrogens is 1980 g/mol. The van der Waals surface area contributed by atoms with E-state index in [1.54, 1.807) is 190 Å². The molecule has 0 bridgehead atoms. The molecular formula is C80H116O32P4Ti8. The fourth-order valence-electron chi connectivity index (χ4n) is 4.84. The van der Waals surface area contributed by atoms with E-state index in [0.29, 0.717) is 0 Å². The summed E-state index contributed by atoms with van der Waals surface area (Å²) in [4.78, 5) is 82.4. The molecule has 0 aliphatic carbocycles. The largest absolute Gasteiger partial charge is 4.00 e. The maximum Gasteiger partial charge on any atom is 4.00 e. The molecule has 0 saturated carbocycles. The summed E-state index contributed by atoms with van der Waals surface area (Å²) in [5.41, 5.74) is 0. The third-order valence-corrected chi connectivity index (χ3v) is 11.6. The molecule has 8 rings (SSSR count). The molecule has 680 valence electrons. The molecule has 0 heterocycles. The van der Waals surface area contributed by atoms with Gasteiger partial charge in [0.1, 0.15) is 0 Å². The summed E-state index contributed by atoms with van der Waals surface area (Å²) >= 11 is 0. The van der Waals surface area contributed by atoms with Crippen molar-refractivity contribution in [2.45, 2.75) is 239 Å². The fraction of sp³-hybridized carbons (Fsp3) is 0.450. The molecule has 0 N–H and O–H groups in total. The van der Waals surface area contributed by atoms with Crippen molar-refractivity contribution in [1.82, 2.24) is 0 Å². The van der Waals surface area contributed by atoms with Crippen LogP contribution in [0.1, 0.15) is 166 Å². The Morgan fingerprint density at radius 2 is 0.250 bits per heavy atom. The Balaban J connectivity index is -0.0000000450. The summed E-state index contributed by atoms with van der Waals surface area (Å²) in [5.74, 6) is -1.75. The van der Waals surface area contributed by atoms with Crippen molar-refractivity contribution in [1.29, 1.82) is 0 Å². The molecule has 0 fully saturated rings. The second-order valence-corrected chi connectivity index (χ2v) is 31.3. The Morgan fingerprint density at radius 3 is 0.315 bits per heavy atom. The van der Waals surface area contributed by atoms with E-state index < -0.39 is 127 Å². The first-order valence-electron chi connectivity index (χ1n) is 34.7. The molecule has 0 spiro atoms. The van der Waals surface area contributed by atoms with Gasteiger partial charge in [-0.15, -0.1) is 96.2 Å². The minimum atomic E-state index is -4.52. The molecule has 0 saturated heterocycles. The third-order valence-electron chi connectivity index (χ3n) is 7.91. The van der Waals surface area contributed by atoms with Gasteiger partial charge < -0.3 is 161 Å². The van der Waals surface area contributed by atoms with E-state index in [1.807, 2.05) is 48.5 Å². The van der Waals surface area contributed by atoms with Crippen LogP contribution < -0.4 is 142 Å². The van der Waals surface area contributed by atoms with Crippen molar-refractivity contribution < 1.29 is 335 Å². The molecule has 0 atom stereocenters. The Hall–Kier alpha value is -0.846. The Bertz CT molecular complexity index is 3040. The van der Waals surface area contributed by atoms with Crippen LogP contribution in [0.25, 0.3) is 21.5 Å². The average Bonchev–Trinajstić information content (AvgIpc) is 0.836. The van der Waals surface area contributed by atoms with Crippen LogP contribution in [0.4, 0.5) is 0 Å². The molecule has 0 aliphatic rings. The van der Waals surface area contributed by atoms with Gasteiger partial charge in [0, 0.05) is 0 Å². The average molecular weight is 2100 g/mol. The molecule has 44 heteroatoms. The minimum Gasteiger partial charge on any atom is -2.00 e. The maximum absolute atomic E-state index is 10.9. The predicted molar refractivity (Wildman–Crippen MR) is 405 cm³/mol. The first-order chi connectivity index (χ1) is 50.7. The minimum absolute atomic E-state index is 0. The van der Waals surface area contributed by atoms with Gasteiger partial charge in [-0.3, -0.25) is 0 Å². The SMILES string of the molecule is CC(C)[O-].CC(C)[O-].CC(C)[O-].CC(C)[O-].CC(C)[O-].CC(C)[O-].CC(C)[O-].CC(C)[O-].CC(C)[O-].CC(C)[O-].CC(C)[O-].CC(C)[O-].O=P([O-])([O-])c1ccccc1.O=P([O-])([O-])c1ccccc1.O=P([O-])([O-])c1ccccc1.O=P([O-])([O-])c1ccccc1.[O-2].[O-2].[O-2].[O-2].[O-]c1cc2ccccc2cc1[O-].[O-]c1cc2ccccc2cc1[O-].[Ti+4].[Ti+4].[Ti+4].[Ti+4].[Ti+4].[Ti+4].[Ti+4].[Ti+4]. The summed E-state index contributed by atoms with van der Waals surface area (Å²) in [5, 5.41) is 161. The zero-order chi connectivity index (χ0) is 90.5. The Kier molecular flexibility index (Phi) is 161. The standard InChI is InChI=1S/2C10H8O2.4C6H7O3P.12C3H7O.4O.8Ti/c2*11-9-5-7-3-1-2-4-8(7)6-10(9)12;4*7-10(8,9)6-4-2-1-3-5-6;12*1-3(2)4;;;;;;;;;;;;/h2*1-6,11-12H;4*1-5H,(H2,7,8,9);12*3H,1-2H3;;;;;;;;;;;;/q;;;;;;12*-1;4*-2;8*+4/p-12. The van der Waals surface area contributed by atoms with E-state index in [1.165, 1.54) is 121 Å². The van der Waals surface area contributed by atoms with E-state index in [4.69, 9.17) is 0 Å². The first-order valence-corrected chi connectivity index (χ1v) is 40.9. The van der Waals surface area contributed by atoms with Crippen LogP contribution in [-0.2, 0) is 214 Å². The molecule has 8 aromatic rings. The topological polar surface area (TPSA) is 736 Å². The van der Waals surface area contributed by atoms with Crippen LogP contribution in [-0.4, -0.2) is 73.2 Å². The molecule has 124 heavy (non-hydrogen) atoms. The molecule has 0 aliphatic heterocycles. The smallest absolute Gasteiger partial charge is 2.00 e. The maximum atomic E-state index is 10.9. The van der Waals surface area contributed by atoms with Crippen molar-refractivity contribution in [2.75, 3.05) is 0 Å². The van der Waals surface area contributed by atoms with Gasteiger partial charge in [-0.1, -0.05) is 360 Å². The van der Waals surface area contributed by atoms with E-state index in [-0.39, 0.29) is 217 Å². The van der Waals surface area contributed by atoms with E-state index in [9.17, 15) is 139 Å². The summed E-state index contributed by atoms with van der Waals surface area (Å²) in [7, 11) is -18.1. The first kappa shape index (κ1) is 180. The predicted octanol–water partition coefficient (Wildman–Crippen LogP) is -4.56. The Morgan fingerprint density at radius 1 is 0.177 bits per heavy atom. The summed E-state index contributed by atoms with van der Waals surface area (Å²) < 4.78 is 41.2. The molecule has 32 nitrogen and oxygen atoms in total. The monoisotopic (exact) mass is 2100 g/mol. The van der Waals surface area contributed by atoms with Crippen LogP contribution in [0.5, 0.6) is 23.0 Å². The van der Waals surface area contributed by atoms with E-state index in [0.717, 1.165) is 21.5 Å². The van der Waals surface area contributed by atoms with Gasteiger partial charge in [0.05, 0.1) is 0 Å². The quantitative estimate of drug-likeness (QED) is 0.118.